The van der Waals surface area contributed by atoms with Crippen LogP contribution in [0.15, 0.2) is 18.2 Å². The summed E-state index contributed by atoms with van der Waals surface area (Å²) in [6.07, 6.45) is 1.23. The van der Waals surface area contributed by atoms with Crippen molar-refractivity contribution in [2.24, 2.45) is 0 Å². The largest absolute Gasteiger partial charge is 0.497 e. The average Bonchev–Trinajstić information content (AvgIpc) is 2.64. The first kappa shape index (κ1) is 9.97. The number of benzene rings is 1. The molecule has 0 aliphatic carbocycles. The Bertz CT molecular complexity index is 405. The molecule has 0 aromatic heterocycles. The Hall–Kier alpha value is -1.22. The number of fused-ring (bicyclic) bond motifs is 3. The second-order valence-electron chi connectivity index (χ2n) is 4.70. The summed E-state index contributed by atoms with van der Waals surface area (Å²) in [4.78, 5) is 2.41. The van der Waals surface area contributed by atoms with Gasteiger partial charge in [-0.2, -0.15) is 0 Å². The van der Waals surface area contributed by atoms with Crippen LogP contribution >= 0.6 is 0 Å². The van der Waals surface area contributed by atoms with Gasteiger partial charge in [0.15, 0.2) is 0 Å². The number of piperidine rings is 1. The molecular formula is C13H18N2O. The highest BCUT2D eigenvalue weighted by Crippen LogP contribution is 2.44. The van der Waals surface area contributed by atoms with Crippen LogP contribution in [0.5, 0.6) is 5.75 Å². The summed E-state index contributed by atoms with van der Waals surface area (Å²) in [5, 5.41) is 3.48. The smallest absolute Gasteiger partial charge is 0.119 e. The number of hydrogen-bond acceptors (Lipinski definition) is 3. The van der Waals surface area contributed by atoms with Crippen LogP contribution in [0, 0.1) is 0 Å². The summed E-state index contributed by atoms with van der Waals surface area (Å²) in [5.74, 6) is 1.66. The fourth-order valence-electron chi connectivity index (χ4n) is 3.07. The zero-order valence-electron chi connectivity index (χ0n) is 9.86. The van der Waals surface area contributed by atoms with E-state index >= 15 is 0 Å². The summed E-state index contributed by atoms with van der Waals surface area (Å²) in [6.45, 7) is 2.23. The first-order valence-electron chi connectivity index (χ1n) is 5.93. The van der Waals surface area contributed by atoms with Gasteiger partial charge < -0.3 is 15.0 Å². The van der Waals surface area contributed by atoms with Crippen molar-refractivity contribution in [1.82, 2.24) is 5.32 Å². The third-order valence-corrected chi connectivity index (χ3v) is 3.96. The lowest BCUT2D eigenvalue weighted by atomic mass is 9.89. The number of nitrogens with zero attached hydrogens (tertiary/aromatic N) is 1. The van der Waals surface area contributed by atoms with Crippen LogP contribution in [0.2, 0.25) is 0 Å². The van der Waals surface area contributed by atoms with Gasteiger partial charge in [-0.3, -0.25) is 0 Å². The molecule has 0 saturated carbocycles. The van der Waals surface area contributed by atoms with E-state index in [1.165, 1.54) is 17.7 Å². The van der Waals surface area contributed by atoms with Crippen molar-refractivity contribution in [3.63, 3.8) is 0 Å². The summed E-state index contributed by atoms with van der Waals surface area (Å²) < 4.78 is 5.32. The number of methoxy groups -OCH3 is 1. The van der Waals surface area contributed by atoms with E-state index in [0.29, 0.717) is 12.0 Å². The highest BCUT2D eigenvalue weighted by Gasteiger charge is 2.37. The molecule has 1 saturated heterocycles. The number of nitrogens with one attached hydrogen (secondary N) is 1. The monoisotopic (exact) mass is 218 g/mol. The molecule has 2 aliphatic heterocycles. The minimum Gasteiger partial charge on any atom is -0.497 e. The first-order chi connectivity index (χ1) is 7.81. The maximum absolute atomic E-state index is 5.32. The van der Waals surface area contributed by atoms with Crippen LogP contribution in [0.4, 0.5) is 5.69 Å². The molecule has 86 valence electrons. The lowest BCUT2D eigenvalue weighted by molar-refractivity contribution is 0.405. The van der Waals surface area contributed by atoms with Crippen molar-refractivity contribution in [3.05, 3.63) is 23.8 Å². The number of ether oxygens (including phenoxy) is 1. The van der Waals surface area contributed by atoms with Crippen LogP contribution in [0.1, 0.15) is 17.9 Å². The van der Waals surface area contributed by atoms with E-state index in [0.717, 1.165) is 18.8 Å². The van der Waals surface area contributed by atoms with E-state index in [4.69, 9.17) is 4.74 Å². The average molecular weight is 218 g/mol. The molecule has 0 radical (unpaired) electrons. The topological polar surface area (TPSA) is 24.5 Å². The highest BCUT2D eigenvalue weighted by atomic mass is 16.5. The van der Waals surface area contributed by atoms with E-state index in [1.54, 1.807) is 7.11 Å². The normalized spacial score (nSPS) is 27.5. The Balaban J connectivity index is 2.04. The molecule has 1 fully saturated rings. The predicted molar refractivity (Wildman–Crippen MR) is 65.4 cm³/mol. The van der Waals surface area contributed by atoms with Crippen LogP contribution in [-0.4, -0.2) is 33.3 Å². The Kier molecular flexibility index (Phi) is 2.28. The SMILES string of the molecule is COc1ccc2c(c1)C1CCNCC1N2C. The first-order valence-corrected chi connectivity index (χ1v) is 5.93. The molecule has 0 bridgehead atoms. The minimum absolute atomic E-state index is 0.621. The van der Waals surface area contributed by atoms with Crippen LogP contribution < -0.4 is 15.0 Å². The van der Waals surface area contributed by atoms with Gasteiger partial charge >= 0.3 is 0 Å². The number of hydrogen-bond donors (Lipinski definition) is 1. The zero-order chi connectivity index (χ0) is 11.1. The molecule has 1 N–H and O–H groups in total. The fraction of sp³-hybridized carbons (Fsp3) is 0.538. The molecular weight excluding hydrogens is 200 g/mol. The zero-order valence-corrected chi connectivity index (χ0v) is 9.86. The molecule has 3 nitrogen and oxygen atoms in total. The Morgan fingerprint density at radius 2 is 2.31 bits per heavy atom. The van der Waals surface area contributed by atoms with E-state index in [-0.39, 0.29) is 0 Å². The van der Waals surface area contributed by atoms with Crippen LogP contribution in [0.3, 0.4) is 0 Å². The van der Waals surface area contributed by atoms with E-state index in [2.05, 4.69) is 35.5 Å². The Labute approximate surface area is 96.4 Å². The summed E-state index contributed by atoms with van der Waals surface area (Å²) in [7, 11) is 3.93. The summed E-state index contributed by atoms with van der Waals surface area (Å²) in [5.41, 5.74) is 2.84. The number of likely N-dealkylation sites (N-methyl/N-ethyl adjacent to an activating group) is 1. The van der Waals surface area contributed by atoms with Gasteiger partial charge in [0, 0.05) is 31.2 Å². The van der Waals surface area contributed by atoms with Gasteiger partial charge in [-0.05, 0) is 36.7 Å². The molecule has 16 heavy (non-hydrogen) atoms. The van der Waals surface area contributed by atoms with E-state index in [9.17, 15) is 0 Å². The standard InChI is InChI=1S/C13H18N2O/c1-15-12-4-3-9(16-2)7-11(12)10-5-6-14-8-13(10)15/h3-4,7,10,13-14H,5-6,8H2,1-2H3. The molecule has 1 aromatic carbocycles. The van der Waals surface area contributed by atoms with Crippen molar-refractivity contribution in [3.8, 4) is 5.75 Å². The Morgan fingerprint density at radius 1 is 1.44 bits per heavy atom. The van der Waals surface area contributed by atoms with Crippen LogP contribution in [-0.2, 0) is 0 Å². The molecule has 2 aliphatic rings. The van der Waals surface area contributed by atoms with Crippen molar-refractivity contribution >= 4 is 5.69 Å². The second-order valence-corrected chi connectivity index (χ2v) is 4.70. The van der Waals surface area contributed by atoms with Crippen molar-refractivity contribution < 1.29 is 4.74 Å². The molecule has 3 heteroatoms. The van der Waals surface area contributed by atoms with Crippen molar-refractivity contribution in [1.29, 1.82) is 0 Å². The molecule has 3 rings (SSSR count). The van der Waals surface area contributed by atoms with Crippen LogP contribution in [0.25, 0.3) is 0 Å². The minimum atomic E-state index is 0.621. The van der Waals surface area contributed by atoms with E-state index < -0.39 is 0 Å². The highest BCUT2D eigenvalue weighted by molar-refractivity contribution is 5.63. The van der Waals surface area contributed by atoms with E-state index in [1.807, 2.05) is 0 Å². The molecule has 0 amide bonds. The third-order valence-electron chi connectivity index (χ3n) is 3.96. The number of anilines is 1. The van der Waals surface area contributed by atoms with Gasteiger partial charge in [-0.1, -0.05) is 0 Å². The maximum atomic E-state index is 5.32. The van der Waals surface area contributed by atoms with Crippen molar-refractivity contribution in [2.45, 2.75) is 18.4 Å². The molecule has 0 spiro atoms. The lowest BCUT2D eigenvalue weighted by Gasteiger charge is -2.31. The summed E-state index contributed by atoms with van der Waals surface area (Å²) in [6, 6.07) is 7.07. The molecule has 2 unspecified atom stereocenters. The van der Waals surface area contributed by atoms with Gasteiger partial charge in [0.2, 0.25) is 0 Å². The molecule has 1 aromatic rings. The van der Waals surface area contributed by atoms with Gasteiger partial charge in [0.25, 0.3) is 0 Å². The van der Waals surface area contributed by atoms with Gasteiger partial charge in [0.05, 0.1) is 7.11 Å². The quantitative estimate of drug-likeness (QED) is 0.774. The second kappa shape index (κ2) is 3.67. The van der Waals surface area contributed by atoms with Gasteiger partial charge in [-0.15, -0.1) is 0 Å². The van der Waals surface area contributed by atoms with Gasteiger partial charge in [0.1, 0.15) is 5.75 Å². The molecule has 2 heterocycles. The fourth-order valence-corrected chi connectivity index (χ4v) is 3.07. The predicted octanol–water partition coefficient (Wildman–Crippen LogP) is 1.59. The third kappa shape index (κ3) is 1.31. The van der Waals surface area contributed by atoms with Crippen molar-refractivity contribution in [2.75, 3.05) is 32.1 Å². The van der Waals surface area contributed by atoms with Gasteiger partial charge in [-0.25, -0.2) is 0 Å². The maximum Gasteiger partial charge on any atom is 0.119 e. The Morgan fingerprint density at radius 3 is 3.12 bits per heavy atom. The number of rotatable bonds is 1. The lowest BCUT2D eigenvalue weighted by Crippen LogP contribution is -2.44. The summed E-state index contributed by atoms with van der Waals surface area (Å²) >= 11 is 0. The molecule has 2 atom stereocenters.